The molecule has 2 saturated heterocycles. The van der Waals surface area contributed by atoms with E-state index in [0.29, 0.717) is 13.0 Å². The molecular formula is C16H23F2N3O2S. The van der Waals surface area contributed by atoms with Crippen molar-refractivity contribution in [3.05, 3.63) is 24.5 Å². The maximum atomic E-state index is 14.7. The topological polar surface area (TPSA) is 53.5 Å². The number of alkyl halides is 2. The molecule has 1 aromatic rings. The summed E-state index contributed by atoms with van der Waals surface area (Å²) in [6, 6.07) is 3.62. The highest BCUT2D eigenvalue weighted by Crippen LogP contribution is 2.50. The van der Waals surface area contributed by atoms with Crippen LogP contribution in [0.15, 0.2) is 24.5 Å². The van der Waals surface area contributed by atoms with E-state index in [4.69, 9.17) is 0 Å². The predicted octanol–water partition coefficient (Wildman–Crippen LogP) is 2.36. The molecule has 24 heavy (non-hydrogen) atoms. The molecule has 134 valence electrons. The third kappa shape index (κ3) is 3.01. The van der Waals surface area contributed by atoms with Crippen LogP contribution in [0, 0.1) is 5.41 Å². The van der Waals surface area contributed by atoms with Crippen LogP contribution in [0.3, 0.4) is 0 Å². The van der Waals surface area contributed by atoms with Crippen molar-refractivity contribution in [1.82, 2.24) is 9.29 Å². The van der Waals surface area contributed by atoms with Crippen LogP contribution in [0.4, 0.5) is 14.5 Å². The molecule has 2 fully saturated rings. The fourth-order valence-electron chi connectivity index (χ4n) is 3.75. The summed E-state index contributed by atoms with van der Waals surface area (Å²) in [5, 5.41) is 0. The summed E-state index contributed by atoms with van der Waals surface area (Å²) in [6.45, 7) is 2.24. The van der Waals surface area contributed by atoms with E-state index in [2.05, 4.69) is 4.98 Å². The highest BCUT2D eigenvalue weighted by atomic mass is 32.2. The Labute approximate surface area is 141 Å². The number of rotatable bonds is 4. The van der Waals surface area contributed by atoms with Crippen molar-refractivity contribution in [3.63, 3.8) is 0 Å². The second-order valence-corrected chi connectivity index (χ2v) is 8.86. The summed E-state index contributed by atoms with van der Waals surface area (Å²) < 4.78 is 55.4. The van der Waals surface area contributed by atoms with E-state index in [0.717, 1.165) is 5.69 Å². The summed E-state index contributed by atoms with van der Waals surface area (Å²) >= 11 is 0. The Balaban J connectivity index is 1.84. The Morgan fingerprint density at radius 3 is 2.71 bits per heavy atom. The van der Waals surface area contributed by atoms with Crippen LogP contribution >= 0.6 is 0 Å². The number of aromatic nitrogens is 1. The van der Waals surface area contributed by atoms with Gasteiger partial charge < -0.3 is 4.90 Å². The van der Waals surface area contributed by atoms with Crippen molar-refractivity contribution in [2.45, 2.75) is 32.1 Å². The second kappa shape index (κ2) is 6.22. The van der Waals surface area contributed by atoms with Crippen molar-refractivity contribution < 1.29 is 17.2 Å². The Hall–Kier alpha value is -1.28. The van der Waals surface area contributed by atoms with E-state index in [9.17, 15) is 17.2 Å². The molecule has 1 unspecified atom stereocenters. The van der Waals surface area contributed by atoms with E-state index >= 15 is 0 Å². The molecule has 3 heterocycles. The largest absolute Gasteiger partial charge is 0.369 e. The monoisotopic (exact) mass is 359 g/mol. The average Bonchev–Trinajstić information content (AvgIpc) is 2.97. The van der Waals surface area contributed by atoms with Gasteiger partial charge in [-0.15, -0.1) is 0 Å². The summed E-state index contributed by atoms with van der Waals surface area (Å²) in [7, 11) is -3.46. The van der Waals surface area contributed by atoms with E-state index in [-0.39, 0.29) is 31.8 Å². The highest BCUT2D eigenvalue weighted by molar-refractivity contribution is 7.89. The molecule has 1 spiro atoms. The molecule has 3 rings (SSSR count). The zero-order valence-electron chi connectivity index (χ0n) is 13.8. The molecule has 0 aliphatic carbocycles. The predicted molar refractivity (Wildman–Crippen MR) is 88.7 cm³/mol. The molecule has 0 bridgehead atoms. The van der Waals surface area contributed by atoms with Crippen LogP contribution in [0.1, 0.15) is 26.2 Å². The molecule has 2 aliphatic heterocycles. The van der Waals surface area contributed by atoms with Crippen LogP contribution in [0.25, 0.3) is 0 Å². The van der Waals surface area contributed by atoms with E-state index in [1.54, 1.807) is 25.4 Å². The molecule has 1 aromatic heterocycles. The first kappa shape index (κ1) is 17.5. The van der Waals surface area contributed by atoms with Gasteiger partial charge in [-0.25, -0.2) is 21.5 Å². The molecule has 0 radical (unpaired) electrons. The van der Waals surface area contributed by atoms with Gasteiger partial charge in [0.05, 0.1) is 23.1 Å². The first-order valence-electron chi connectivity index (χ1n) is 8.30. The van der Waals surface area contributed by atoms with Gasteiger partial charge in [0.25, 0.3) is 5.92 Å². The first-order chi connectivity index (χ1) is 11.3. The minimum atomic E-state index is -3.46. The van der Waals surface area contributed by atoms with Gasteiger partial charge >= 0.3 is 0 Å². The zero-order chi connectivity index (χ0) is 17.4. The van der Waals surface area contributed by atoms with Gasteiger partial charge in [-0.3, -0.25) is 4.98 Å². The number of sulfonamides is 1. The van der Waals surface area contributed by atoms with Gasteiger partial charge in [0, 0.05) is 38.8 Å². The maximum absolute atomic E-state index is 14.7. The Morgan fingerprint density at radius 1 is 1.25 bits per heavy atom. The highest BCUT2D eigenvalue weighted by Gasteiger charge is 2.60. The van der Waals surface area contributed by atoms with Crippen LogP contribution in [-0.4, -0.2) is 55.6 Å². The quantitative estimate of drug-likeness (QED) is 0.828. The Morgan fingerprint density at radius 2 is 2.04 bits per heavy atom. The fourth-order valence-corrected chi connectivity index (χ4v) is 5.34. The lowest BCUT2D eigenvalue weighted by Gasteiger charge is -2.45. The van der Waals surface area contributed by atoms with Crippen LogP contribution in [0.5, 0.6) is 0 Å². The van der Waals surface area contributed by atoms with Crippen LogP contribution in [0.2, 0.25) is 0 Å². The second-order valence-electron chi connectivity index (χ2n) is 6.77. The Bertz CT molecular complexity index is 684. The lowest BCUT2D eigenvalue weighted by Crippen LogP contribution is -2.58. The molecule has 0 amide bonds. The number of hydrogen-bond acceptors (Lipinski definition) is 4. The molecule has 0 aromatic carbocycles. The van der Waals surface area contributed by atoms with E-state index < -0.39 is 27.8 Å². The molecule has 8 heteroatoms. The van der Waals surface area contributed by atoms with Gasteiger partial charge in [-0.1, -0.05) is 6.92 Å². The SMILES string of the molecule is CCCS(=O)(=O)N1CCC(F)(F)C2(CCN(c3cccnc3)C2)C1. The minimum Gasteiger partial charge on any atom is -0.369 e. The number of pyridine rings is 1. The molecule has 1 atom stereocenters. The van der Waals surface area contributed by atoms with Crippen molar-refractivity contribution in [2.24, 2.45) is 5.41 Å². The molecule has 0 N–H and O–H groups in total. The molecule has 2 aliphatic rings. The zero-order valence-corrected chi connectivity index (χ0v) is 14.6. The lowest BCUT2D eigenvalue weighted by atomic mass is 9.76. The van der Waals surface area contributed by atoms with Crippen molar-refractivity contribution in [1.29, 1.82) is 0 Å². The summed E-state index contributed by atoms with van der Waals surface area (Å²) in [5.74, 6) is -2.84. The van der Waals surface area contributed by atoms with Gasteiger partial charge in [0.2, 0.25) is 10.0 Å². The molecular weight excluding hydrogens is 336 g/mol. The van der Waals surface area contributed by atoms with Crippen molar-refractivity contribution in [2.75, 3.05) is 36.8 Å². The van der Waals surface area contributed by atoms with Gasteiger partial charge in [-0.05, 0) is 25.0 Å². The van der Waals surface area contributed by atoms with Crippen LogP contribution in [-0.2, 0) is 10.0 Å². The van der Waals surface area contributed by atoms with Gasteiger partial charge in [0.1, 0.15) is 0 Å². The third-order valence-electron chi connectivity index (χ3n) is 5.15. The number of piperidine rings is 1. The maximum Gasteiger partial charge on any atom is 0.257 e. The van der Waals surface area contributed by atoms with Crippen molar-refractivity contribution in [3.8, 4) is 0 Å². The lowest BCUT2D eigenvalue weighted by molar-refractivity contribution is -0.145. The summed E-state index contributed by atoms with van der Waals surface area (Å²) in [5.41, 5.74) is -0.513. The van der Waals surface area contributed by atoms with E-state index in [1.165, 1.54) is 4.31 Å². The van der Waals surface area contributed by atoms with Gasteiger partial charge in [-0.2, -0.15) is 0 Å². The normalized spacial score (nSPS) is 27.7. The number of hydrogen-bond donors (Lipinski definition) is 0. The van der Waals surface area contributed by atoms with Crippen molar-refractivity contribution >= 4 is 15.7 Å². The minimum absolute atomic E-state index is 0.0149. The standard InChI is InChI=1S/C16H23F2N3O2S/c1-2-10-24(22,23)21-9-6-16(17,18)15(13-21)5-8-20(12-15)14-4-3-7-19-11-14/h3-4,7,11H,2,5-6,8-10,12-13H2,1H3. The summed E-state index contributed by atoms with van der Waals surface area (Å²) in [4.78, 5) is 5.93. The Kier molecular flexibility index (Phi) is 4.55. The van der Waals surface area contributed by atoms with E-state index in [1.807, 2.05) is 11.0 Å². The number of nitrogens with zero attached hydrogens (tertiary/aromatic N) is 3. The third-order valence-corrected chi connectivity index (χ3v) is 7.17. The smallest absolute Gasteiger partial charge is 0.257 e. The number of anilines is 1. The average molecular weight is 359 g/mol. The fraction of sp³-hybridized carbons (Fsp3) is 0.688. The molecule has 5 nitrogen and oxygen atoms in total. The summed E-state index contributed by atoms with van der Waals surface area (Å²) in [6.07, 6.45) is 3.67. The first-order valence-corrected chi connectivity index (χ1v) is 9.91. The van der Waals surface area contributed by atoms with Gasteiger partial charge in [0.15, 0.2) is 0 Å². The number of halogens is 2. The van der Waals surface area contributed by atoms with Crippen LogP contribution < -0.4 is 4.90 Å². The molecule has 0 saturated carbocycles.